The van der Waals surface area contributed by atoms with E-state index in [1.807, 2.05) is 0 Å². The molecule has 1 amide bonds. The molecular formula is C20H24F2N2O3. The van der Waals surface area contributed by atoms with Crippen LogP contribution in [0, 0.1) is 28.9 Å². The van der Waals surface area contributed by atoms with E-state index in [0.717, 1.165) is 18.7 Å². The van der Waals surface area contributed by atoms with Crippen molar-refractivity contribution in [1.29, 1.82) is 0 Å². The predicted molar refractivity (Wildman–Crippen MR) is 94.0 cm³/mol. The topological polar surface area (TPSA) is 60.9 Å². The van der Waals surface area contributed by atoms with Gasteiger partial charge < -0.3 is 14.9 Å². The molecule has 1 saturated carbocycles. The number of halogens is 2. The number of hydrogen-bond acceptors (Lipinski definition) is 3. The Morgan fingerprint density at radius 1 is 1.19 bits per heavy atom. The van der Waals surface area contributed by atoms with E-state index < -0.39 is 23.0 Å². The van der Waals surface area contributed by atoms with Gasteiger partial charge in [0, 0.05) is 44.7 Å². The first-order valence-corrected chi connectivity index (χ1v) is 9.55. The van der Waals surface area contributed by atoms with Crippen molar-refractivity contribution in [2.24, 2.45) is 17.3 Å². The third kappa shape index (κ3) is 3.33. The van der Waals surface area contributed by atoms with E-state index in [4.69, 9.17) is 0 Å². The molecule has 2 atom stereocenters. The van der Waals surface area contributed by atoms with Gasteiger partial charge in [0.2, 0.25) is 5.91 Å². The fourth-order valence-corrected chi connectivity index (χ4v) is 4.78. The second-order valence-corrected chi connectivity index (χ2v) is 8.34. The molecule has 0 bridgehead atoms. The van der Waals surface area contributed by atoms with Gasteiger partial charge in [0.05, 0.1) is 6.42 Å². The summed E-state index contributed by atoms with van der Waals surface area (Å²) in [6.45, 7) is 2.65. The summed E-state index contributed by atoms with van der Waals surface area (Å²) in [6, 6.07) is 3.16. The minimum Gasteiger partial charge on any atom is -0.481 e. The van der Waals surface area contributed by atoms with Crippen LogP contribution in [0.25, 0.3) is 0 Å². The van der Waals surface area contributed by atoms with E-state index in [9.17, 15) is 23.5 Å². The first kappa shape index (κ1) is 18.3. The van der Waals surface area contributed by atoms with Crippen LogP contribution in [0.3, 0.4) is 0 Å². The Morgan fingerprint density at radius 2 is 1.96 bits per heavy atom. The molecule has 2 heterocycles. The van der Waals surface area contributed by atoms with E-state index in [1.54, 1.807) is 4.90 Å². The lowest BCUT2D eigenvalue weighted by atomic mass is 9.81. The summed E-state index contributed by atoms with van der Waals surface area (Å²) in [5.41, 5.74) is -0.796. The molecule has 5 nitrogen and oxygen atoms in total. The van der Waals surface area contributed by atoms with Crippen molar-refractivity contribution in [3.8, 4) is 0 Å². The van der Waals surface area contributed by atoms with Crippen LogP contribution in [0.1, 0.15) is 24.8 Å². The summed E-state index contributed by atoms with van der Waals surface area (Å²) in [4.78, 5) is 28.5. The van der Waals surface area contributed by atoms with Gasteiger partial charge in [0.1, 0.15) is 17.0 Å². The van der Waals surface area contributed by atoms with Gasteiger partial charge in [-0.15, -0.1) is 0 Å². The average molecular weight is 378 g/mol. The molecule has 1 aromatic rings. The zero-order valence-corrected chi connectivity index (χ0v) is 15.2. The molecule has 146 valence electrons. The number of rotatable bonds is 5. The molecule has 7 heteroatoms. The number of likely N-dealkylation sites (tertiary alicyclic amines) is 2. The van der Waals surface area contributed by atoms with Gasteiger partial charge in [-0.05, 0) is 30.4 Å². The summed E-state index contributed by atoms with van der Waals surface area (Å²) in [6.07, 6.45) is 3.51. The van der Waals surface area contributed by atoms with Crippen molar-refractivity contribution >= 4 is 11.9 Å². The molecule has 3 fully saturated rings. The summed E-state index contributed by atoms with van der Waals surface area (Å²) in [5.74, 6) is -2.02. The van der Waals surface area contributed by atoms with E-state index in [1.165, 1.54) is 25.3 Å². The zero-order valence-electron chi connectivity index (χ0n) is 15.2. The number of carboxylic acid groups (broad SMARTS) is 1. The van der Waals surface area contributed by atoms with Gasteiger partial charge in [-0.1, -0.05) is 12.5 Å². The molecule has 2 aliphatic heterocycles. The Bertz CT molecular complexity index is 768. The smallest absolute Gasteiger partial charge is 0.313 e. The highest BCUT2D eigenvalue weighted by Gasteiger charge is 2.58. The number of hydrogen-bond donors (Lipinski definition) is 1. The maximum atomic E-state index is 13.8. The Morgan fingerprint density at radius 3 is 2.56 bits per heavy atom. The highest BCUT2D eigenvalue weighted by molar-refractivity contribution is 5.83. The SMILES string of the molecule is O=C(Cc1ccc(F)cc1F)N1C[C@H]2CN(CC3CCC3)C[C@@]2(C(=O)O)C1. The van der Waals surface area contributed by atoms with Crippen LogP contribution in [0.2, 0.25) is 0 Å². The Labute approximate surface area is 156 Å². The van der Waals surface area contributed by atoms with Crippen molar-refractivity contribution < 1.29 is 23.5 Å². The lowest BCUT2D eigenvalue weighted by molar-refractivity contribution is -0.149. The van der Waals surface area contributed by atoms with Crippen LogP contribution in [0.4, 0.5) is 8.78 Å². The van der Waals surface area contributed by atoms with Crippen LogP contribution in [0.15, 0.2) is 18.2 Å². The third-order valence-corrected chi connectivity index (χ3v) is 6.56. The normalized spacial score (nSPS) is 28.2. The lowest BCUT2D eigenvalue weighted by Gasteiger charge is -2.31. The second-order valence-electron chi connectivity index (χ2n) is 8.34. The number of carbonyl (C=O) groups excluding carboxylic acids is 1. The van der Waals surface area contributed by atoms with Crippen LogP contribution >= 0.6 is 0 Å². The summed E-state index contributed by atoms with van der Waals surface area (Å²) >= 11 is 0. The summed E-state index contributed by atoms with van der Waals surface area (Å²) in [5, 5.41) is 9.89. The fraction of sp³-hybridized carbons (Fsp3) is 0.600. The minimum absolute atomic E-state index is 0.0999. The number of fused-ring (bicyclic) bond motifs is 1. The van der Waals surface area contributed by atoms with Crippen molar-refractivity contribution in [2.45, 2.75) is 25.7 Å². The summed E-state index contributed by atoms with van der Waals surface area (Å²) in [7, 11) is 0. The largest absolute Gasteiger partial charge is 0.481 e. The highest BCUT2D eigenvalue weighted by atomic mass is 19.1. The second kappa shape index (κ2) is 6.86. The van der Waals surface area contributed by atoms with E-state index in [2.05, 4.69) is 4.90 Å². The van der Waals surface area contributed by atoms with Crippen LogP contribution in [-0.2, 0) is 16.0 Å². The third-order valence-electron chi connectivity index (χ3n) is 6.56. The molecule has 0 aromatic heterocycles. The number of carboxylic acids is 1. The fourth-order valence-electron chi connectivity index (χ4n) is 4.78. The highest BCUT2D eigenvalue weighted by Crippen LogP contribution is 2.44. The van der Waals surface area contributed by atoms with Crippen LogP contribution in [-0.4, -0.2) is 59.5 Å². The molecule has 1 aromatic carbocycles. The summed E-state index contributed by atoms with van der Waals surface area (Å²) < 4.78 is 26.9. The van der Waals surface area contributed by atoms with Gasteiger partial charge in [0.25, 0.3) is 0 Å². The number of amides is 1. The standard InChI is InChI=1S/C20H24F2N2O3/c21-16-5-4-14(17(22)7-16)6-18(25)24-10-15-9-23(8-13-2-1-3-13)11-20(15,12-24)19(26)27/h4-5,7,13,15H,1-3,6,8-12H2,(H,26,27)/t15-,20-/m1/s1. The number of benzene rings is 1. The van der Waals surface area contributed by atoms with E-state index in [0.29, 0.717) is 25.6 Å². The van der Waals surface area contributed by atoms with Gasteiger partial charge in [0.15, 0.2) is 0 Å². The van der Waals surface area contributed by atoms with Gasteiger partial charge in [-0.25, -0.2) is 8.78 Å². The first-order valence-electron chi connectivity index (χ1n) is 9.55. The zero-order chi connectivity index (χ0) is 19.2. The Balaban J connectivity index is 1.43. The average Bonchev–Trinajstić information content (AvgIpc) is 3.08. The minimum atomic E-state index is -0.930. The monoisotopic (exact) mass is 378 g/mol. The van der Waals surface area contributed by atoms with Crippen molar-refractivity contribution in [3.63, 3.8) is 0 Å². The van der Waals surface area contributed by atoms with Crippen molar-refractivity contribution in [2.75, 3.05) is 32.7 Å². The quantitative estimate of drug-likeness (QED) is 0.853. The molecular weight excluding hydrogens is 354 g/mol. The Hall–Kier alpha value is -2.02. The van der Waals surface area contributed by atoms with E-state index in [-0.39, 0.29) is 30.4 Å². The predicted octanol–water partition coefficient (Wildman–Crippen LogP) is 2.15. The van der Waals surface area contributed by atoms with Gasteiger partial charge >= 0.3 is 5.97 Å². The van der Waals surface area contributed by atoms with Crippen LogP contribution < -0.4 is 0 Å². The van der Waals surface area contributed by atoms with Gasteiger partial charge in [-0.3, -0.25) is 9.59 Å². The van der Waals surface area contributed by atoms with Crippen molar-refractivity contribution in [1.82, 2.24) is 9.80 Å². The first-order chi connectivity index (χ1) is 12.9. The molecule has 4 rings (SSSR count). The van der Waals surface area contributed by atoms with Crippen molar-refractivity contribution in [3.05, 3.63) is 35.4 Å². The molecule has 0 radical (unpaired) electrons. The molecule has 2 saturated heterocycles. The molecule has 3 aliphatic rings. The molecule has 1 N–H and O–H groups in total. The van der Waals surface area contributed by atoms with Gasteiger partial charge in [-0.2, -0.15) is 0 Å². The molecule has 0 spiro atoms. The van der Waals surface area contributed by atoms with E-state index >= 15 is 0 Å². The number of carbonyl (C=O) groups is 2. The number of aliphatic carboxylic acids is 1. The maximum absolute atomic E-state index is 13.8. The Kier molecular flexibility index (Phi) is 4.66. The molecule has 0 unspecified atom stereocenters. The molecule has 27 heavy (non-hydrogen) atoms. The lowest BCUT2D eigenvalue weighted by Crippen LogP contribution is -2.43. The number of nitrogens with zero attached hydrogens (tertiary/aromatic N) is 2. The van der Waals surface area contributed by atoms with Crippen LogP contribution in [0.5, 0.6) is 0 Å². The maximum Gasteiger partial charge on any atom is 0.313 e. The molecule has 1 aliphatic carbocycles.